The first kappa shape index (κ1) is 17.5. The molecule has 3 rings (SSSR count). The van der Waals surface area contributed by atoms with Gasteiger partial charge in [-0.1, -0.05) is 26.7 Å². The van der Waals surface area contributed by atoms with Gasteiger partial charge in [0.15, 0.2) is 0 Å². The van der Waals surface area contributed by atoms with E-state index in [2.05, 4.69) is 29.0 Å². The maximum atomic E-state index is 12.6. The topological polar surface area (TPSA) is 71.3 Å². The van der Waals surface area contributed by atoms with E-state index in [0.29, 0.717) is 18.2 Å². The standard InChI is InChI=1S/C19H26N4O2/c1-14(2)16-12-17(18(24)20-13-15-8-7-11-25-15)22-19(21-16)23-9-5-3-4-6-10-23/h7-8,11-12,14H,3-6,9-10,13H2,1-2H3,(H,20,24). The van der Waals surface area contributed by atoms with Crippen LogP contribution in [0, 0.1) is 0 Å². The van der Waals surface area contributed by atoms with E-state index < -0.39 is 0 Å². The number of amides is 1. The molecule has 1 aliphatic heterocycles. The highest BCUT2D eigenvalue weighted by atomic mass is 16.3. The van der Waals surface area contributed by atoms with E-state index in [-0.39, 0.29) is 11.8 Å². The molecule has 1 fully saturated rings. The lowest BCUT2D eigenvalue weighted by atomic mass is 10.1. The van der Waals surface area contributed by atoms with Crippen LogP contribution in [0.1, 0.15) is 67.4 Å². The first-order valence-electron chi connectivity index (χ1n) is 9.08. The van der Waals surface area contributed by atoms with Crippen LogP contribution in [0.5, 0.6) is 0 Å². The Bertz CT molecular complexity index is 689. The van der Waals surface area contributed by atoms with Crippen LogP contribution in [0.4, 0.5) is 5.95 Å². The Labute approximate surface area is 148 Å². The zero-order chi connectivity index (χ0) is 17.6. The SMILES string of the molecule is CC(C)c1cc(C(=O)NCc2ccco2)nc(N2CCCCCC2)n1. The van der Waals surface area contributed by atoms with Gasteiger partial charge in [0.25, 0.3) is 5.91 Å². The number of hydrogen-bond acceptors (Lipinski definition) is 5. The van der Waals surface area contributed by atoms with Gasteiger partial charge < -0.3 is 14.6 Å². The molecule has 2 aromatic heterocycles. The summed E-state index contributed by atoms with van der Waals surface area (Å²) in [6, 6.07) is 5.44. The van der Waals surface area contributed by atoms with E-state index >= 15 is 0 Å². The van der Waals surface area contributed by atoms with E-state index in [1.54, 1.807) is 18.4 Å². The second-order valence-corrected chi connectivity index (χ2v) is 6.80. The van der Waals surface area contributed by atoms with Crippen molar-refractivity contribution in [3.05, 3.63) is 41.6 Å². The summed E-state index contributed by atoms with van der Waals surface area (Å²) in [5.41, 5.74) is 1.32. The number of carbonyl (C=O) groups is 1. The van der Waals surface area contributed by atoms with Crippen molar-refractivity contribution >= 4 is 11.9 Å². The fraction of sp³-hybridized carbons (Fsp3) is 0.526. The normalized spacial score (nSPS) is 15.2. The molecule has 0 aromatic carbocycles. The Morgan fingerprint density at radius 3 is 2.64 bits per heavy atom. The third kappa shape index (κ3) is 4.59. The van der Waals surface area contributed by atoms with Gasteiger partial charge in [0.2, 0.25) is 5.95 Å². The first-order valence-corrected chi connectivity index (χ1v) is 9.08. The van der Waals surface area contributed by atoms with Gasteiger partial charge in [0.05, 0.1) is 12.8 Å². The van der Waals surface area contributed by atoms with Crippen LogP contribution in [0.25, 0.3) is 0 Å². The average Bonchev–Trinajstić information content (AvgIpc) is 2.99. The molecule has 1 aliphatic rings. The molecule has 3 heterocycles. The van der Waals surface area contributed by atoms with Gasteiger partial charge >= 0.3 is 0 Å². The predicted molar refractivity (Wildman–Crippen MR) is 96.7 cm³/mol. The second kappa shape index (κ2) is 8.14. The molecule has 0 spiro atoms. The van der Waals surface area contributed by atoms with Crippen molar-refractivity contribution in [3.8, 4) is 0 Å². The van der Waals surface area contributed by atoms with Crippen LogP contribution >= 0.6 is 0 Å². The largest absolute Gasteiger partial charge is 0.467 e. The maximum absolute atomic E-state index is 12.6. The Hall–Kier alpha value is -2.37. The fourth-order valence-corrected chi connectivity index (χ4v) is 2.95. The van der Waals surface area contributed by atoms with Crippen molar-refractivity contribution in [2.24, 2.45) is 0 Å². The quantitative estimate of drug-likeness (QED) is 0.900. The second-order valence-electron chi connectivity index (χ2n) is 6.80. The smallest absolute Gasteiger partial charge is 0.270 e. The summed E-state index contributed by atoms with van der Waals surface area (Å²) in [7, 11) is 0. The fourth-order valence-electron chi connectivity index (χ4n) is 2.95. The minimum atomic E-state index is -0.197. The minimum Gasteiger partial charge on any atom is -0.467 e. The number of hydrogen-bond donors (Lipinski definition) is 1. The van der Waals surface area contributed by atoms with E-state index in [0.717, 1.165) is 37.4 Å². The molecule has 1 amide bonds. The Balaban J connectivity index is 1.80. The molecule has 25 heavy (non-hydrogen) atoms. The van der Waals surface area contributed by atoms with E-state index in [4.69, 9.17) is 9.40 Å². The highest BCUT2D eigenvalue weighted by Gasteiger charge is 2.18. The summed E-state index contributed by atoms with van der Waals surface area (Å²) in [6.07, 6.45) is 6.39. The van der Waals surface area contributed by atoms with Gasteiger partial charge in [0, 0.05) is 18.8 Å². The molecule has 2 aromatic rings. The molecule has 6 heteroatoms. The van der Waals surface area contributed by atoms with Gasteiger partial charge in [-0.25, -0.2) is 9.97 Å². The monoisotopic (exact) mass is 342 g/mol. The van der Waals surface area contributed by atoms with Gasteiger partial charge in [-0.05, 0) is 37.0 Å². The van der Waals surface area contributed by atoms with Crippen molar-refractivity contribution < 1.29 is 9.21 Å². The summed E-state index contributed by atoms with van der Waals surface area (Å²) in [6.45, 7) is 6.42. The van der Waals surface area contributed by atoms with Crippen molar-refractivity contribution in [3.63, 3.8) is 0 Å². The van der Waals surface area contributed by atoms with Crippen LogP contribution in [0.15, 0.2) is 28.9 Å². The van der Waals surface area contributed by atoms with Crippen LogP contribution < -0.4 is 10.2 Å². The van der Waals surface area contributed by atoms with Crippen molar-refractivity contribution in [1.29, 1.82) is 0 Å². The molecule has 0 saturated carbocycles. The molecule has 0 unspecified atom stereocenters. The highest BCUT2D eigenvalue weighted by Crippen LogP contribution is 2.20. The molecular formula is C19H26N4O2. The molecular weight excluding hydrogens is 316 g/mol. The average molecular weight is 342 g/mol. The van der Waals surface area contributed by atoms with E-state index in [1.165, 1.54) is 12.8 Å². The predicted octanol–water partition coefficient (Wildman–Crippen LogP) is 3.50. The molecule has 0 aliphatic carbocycles. The molecule has 0 bridgehead atoms. The number of anilines is 1. The minimum absolute atomic E-state index is 0.197. The van der Waals surface area contributed by atoms with Gasteiger partial charge in [0.1, 0.15) is 11.5 Å². The van der Waals surface area contributed by atoms with Gasteiger partial charge in [-0.3, -0.25) is 4.79 Å². The molecule has 1 N–H and O–H groups in total. The van der Waals surface area contributed by atoms with Crippen LogP contribution in [0.3, 0.4) is 0 Å². The maximum Gasteiger partial charge on any atom is 0.270 e. The summed E-state index contributed by atoms with van der Waals surface area (Å²) in [5.74, 6) is 1.44. The molecule has 134 valence electrons. The third-order valence-corrected chi connectivity index (χ3v) is 4.45. The molecule has 0 atom stereocenters. The zero-order valence-electron chi connectivity index (χ0n) is 15.0. The highest BCUT2D eigenvalue weighted by molar-refractivity contribution is 5.92. The Morgan fingerprint density at radius 2 is 2.00 bits per heavy atom. The first-order chi connectivity index (χ1) is 12.1. The lowest BCUT2D eigenvalue weighted by Gasteiger charge is -2.22. The van der Waals surface area contributed by atoms with Crippen molar-refractivity contribution in [2.45, 2.75) is 52.0 Å². The number of rotatable bonds is 5. The lowest BCUT2D eigenvalue weighted by Crippen LogP contribution is -2.29. The summed E-state index contributed by atoms with van der Waals surface area (Å²) in [4.78, 5) is 24.0. The molecule has 1 saturated heterocycles. The molecule has 0 radical (unpaired) electrons. The van der Waals surface area contributed by atoms with E-state index in [1.807, 2.05) is 6.07 Å². The zero-order valence-corrected chi connectivity index (χ0v) is 15.0. The number of nitrogens with zero attached hydrogens (tertiary/aromatic N) is 3. The van der Waals surface area contributed by atoms with Crippen molar-refractivity contribution in [2.75, 3.05) is 18.0 Å². The van der Waals surface area contributed by atoms with Crippen molar-refractivity contribution in [1.82, 2.24) is 15.3 Å². The van der Waals surface area contributed by atoms with E-state index in [9.17, 15) is 4.79 Å². The molecule has 6 nitrogen and oxygen atoms in total. The summed E-state index contributed by atoms with van der Waals surface area (Å²) < 4.78 is 5.26. The van der Waals surface area contributed by atoms with Crippen LogP contribution in [-0.2, 0) is 6.54 Å². The Kier molecular flexibility index (Phi) is 5.68. The van der Waals surface area contributed by atoms with Gasteiger partial charge in [-0.15, -0.1) is 0 Å². The summed E-state index contributed by atoms with van der Waals surface area (Å²) in [5, 5.41) is 2.87. The van der Waals surface area contributed by atoms with Gasteiger partial charge in [-0.2, -0.15) is 0 Å². The lowest BCUT2D eigenvalue weighted by molar-refractivity contribution is 0.0942. The Morgan fingerprint density at radius 1 is 1.24 bits per heavy atom. The number of aromatic nitrogens is 2. The van der Waals surface area contributed by atoms with Crippen LogP contribution in [0.2, 0.25) is 0 Å². The number of carbonyl (C=O) groups excluding carboxylic acids is 1. The third-order valence-electron chi connectivity index (χ3n) is 4.45. The number of furan rings is 1. The number of nitrogens with one attached hydrogen (secondary N) is 1. The van der Waals surface area contributed by atoms with Crippen LogP contribution in [-0.4, -0.2) is 29.0 Å². The summed E-state index contributed by atoms with van der Waals surface area (Å²) >= 11 is 0.